The number of pyridine rings is 1. The molecule has 0 aromatic carbocycles. The number of halogens is 1. The number of hydrogen-bond acceptors (Lipinski definition) is 6. The minimum Gasteiger partial charge on any atom is -0.368 e. The Labute approximate surface area is 154 Å². The third kappa shape index (κ3) is 2.97. The highest BCUT2D eigenvalue weighted by molar-refractivity contribution is 5.82. The van der Waals surface area contributed by atoms with Gasteiger partial charge in [-0.1, -0.05) is 0 Å². The van der Waals surface area contributed by atoms with E-state index in [2.05, 4.69) is 26.4 Å². The normalized spacial score (nSPS) is 12.4. The SMILES string of the molecule is C[C@H](Nc1nc(N)ncc1F)c1nc2ccn(C)c2cc1-c1ccnn1C. The molecular formula is C18H19FN8. The Morgan fingerprint density at radius 3 is 2.78 bits per heavy atom. The van der Waals surface area contributed by atoms with E-state index >= 15 is 0 Å². The summed E-state index contributed by atoms with van der Waals surface area (Å²) in [5.41, 5.74) is 10.0. The molecule has 0 radical (unpaired) electrons. The van der Waals surface area contributed by atoms with Crippen molar-refractivity contribution in [3.8, 4) is 11.3 Å². The summed E-state index contributed by atoms with van der Waals surface area (Å²) in [5.74, 6) is -0.524. The highest BCUT2D eigenvalue weighted by Crippen LogP contribution is 2.31. The lowest BCUT2D eigenvalue weighted by Crippen LogP contribution is -2.14. The lowest BCUT2D eigenvalue weighted by Gasteiger charge is -2.18. The Morgan fingerprint density at radius 2 is 2.04 bits per heavy atom. The number of fused-ring (bicyclic) bond motifs is 1. The summed E-state index contributed by atoms with van der Waals surface area (Å²) in [7, 11) is 3.84. The second-order valence-corrected chi connectivity index (χ2v) is 6.38. The number of nitrogen functional groups attached to an aromatic ring is 1. The standard InChI is InChI=1S/C18H19FN8/c1-10(23-17-12(19)9-21-18(20)25-17)16-11(14-4-6-22-27(14)3)8-15-13(24-16)5-7-26(15)2/h4-10H,1-3H3,(H3,20,21,23,25)/t10-/m0/s1. The van der Waals surface area contributed by atoms with Gasteiger partial charge in [-0.05, 0) is 25.1 Å². The molecule has 0 amide bonds. The maximum absolute atomic E-state index is 14.1. The first-order chi connectivity index (χ1) is 12.9. The van der Waals surface area contributed by atoms with Crippen LogP contribution in [0.25, 0.3) is 22.3 Å². The summed E-state index contributed by atoms with van der Waals surface area (Å²) in [5, 5.41) is 7.31. The fraction of sp³-hybridized carbons (Fsp3) is 0.222. The molecule has 8 nitrogen and oxygen atoms in total. The van der Waals surface area contributed by atoms with Crippen LogP contribution in [0.1, 0.15) is 18.7 Å². The summed E-state index contributed by atoms with van der Waals surface area (Å²) < 4.78 is 17.9. The van der Waals surface area contributed by atoms with Crippen LogP contribution in [0.3, 0.4) is 0 Å². The van der Waals surface area contributed by atoms with Gasteiger partial charge in [-0.2, -0.15) is 10.1 Å². The van der Waals surface area contributed by atoms with E-state index in [4.69, 9.17) is 10.7 Å². The summed E-state index contributed by atoms with van der Waals surface area (Å²) in [6, 6.07) is 5.60. The second kappa shape index (κ2) is 6.35. The molecule has 0 fully saturated rings. The molecule has 0 saturated heterocycles. The zero-order valence-electron chi connectivity index (χ0n) is 15.2. The van der Waals surface area contributed by atoms with Crippen LogP contribution < -0.4 is 11.1 Å². The first-order valence-electron chi connectivity index (χ1n) is 8.43. The number of nitrogens with one attached hydrogen (secondary N) is 1. The van der Waals surface area contributed by atoms with Gasteiger partial charge in [0.1, 0.15) is 0 Å². The fourth-order valence-corrected chi connectivity index (χ4v) is 3.13. The van der Waals surface area contributed by atoms with Crippen molar-refractivity contribution in [3.63, 3.8) is 0 Å². The van der Waals surface area contributed by atoms with E-state index in [1.165, 1.54) is 0 Å². The molecule has 0 aliphatic rings. The summed E-state index contributed by atoms with van der Waals surface area (Å²) in [6.45, 7) is 1.90. The molecular weight excluding hydrogens is 347 g/mol. The average molecular weight is 366 g/mol. The van der Waals surface area contributed by atoms with Crippen molar-refractivity contribution < 1.29 is 4.39 Å². The van der Waals surface area contributed by atoms with Gasteiger partial charge in [-0.15, -0.1) is 0 Å². The molecule has 4 heterocycles. The molecule has 0 unspecified atom stereocenters. The molecule has 0 bridgehead atoms. The van der Waals surface area contributed by atoms with Crippen LogP contribution in [-0.4, -0.2) is 29.3 Å². The molecule has 4 aromatic rings. The third-order valence-electron chi connectivity index (χ3n) is 4.52. The number of nitrogens with two attached hydrogens (primary N) is 1. The van der Waals surface area contributed by atoms with E-state index < -0.39 is 5.82 Å². The zero-order valence-corrected chi connectivity index (χ0v) is 15.2. The smallest absolute Gasteiger partial charge is 0.222 e. The van der Waals surface area contributed by atoms with Crippen molar-refractivity contribution in [2.24, 2.45) is 14.1 Å². The molecule has 0 aliphatic carbocycles. The summed E-state index contributed by atoms with van der Waals surface area (Å²) in [6.07, 6.45) is 4.74. The molecule has 27 heavy (non-hydrogen) atoms. The van der Waals surface area contributed by atoms with Crippen molar-refractivity contribution >= 4 is 22.8 Å². The molecule has 1 atom stereocenters. The number of rotatable bonds is 4. The van der Waals surface area contributed by atoms with Crippen LogP contribution in [0.5, 0.6) is 0 Å². The van der Waals surface area contributed by atoms with Crippen molar-refractivity contribution in [2.75, 3.05) is 11.1 Å². The first kappa shape index (κ1) is 17.0. The van der Waals surface area contributed by atoms with Crippen LogP contribution in [0.15, 0.2) is 36.8 Å². The Balaban J connectivity index is 1.84. The topological polar surface area (TPSA) is 99.5 Å². The van der Waals surface area contributed by atoms with Gasteiger partial charge < -0.3 is 15.6 Å². The minimum absolute atomic E-state index is 0.00410. The molecule has 138 valence electrons. The molecule has 0 spiro atoms. The molecule has 0 aliphatic heterocycles. The van der Waals surface area contributed by atoms with Crippen molar-refractivity contribution in [1.29, 1.82) is 0 Å². The van der Waals surface area contributed by atoms with Crippen LogP contribution in [0.2, 0.25) is 0 Å². The molecule has 9 heteroatoms. The van der Waals surface area contributed by atoms with E-state index in [9.17, 15) is 4.39 Å². The number of aromatic nitrogens is 6. The van der Waals surface area contributed by atoms with Gasteiger partial charge in [0.2, 0.25) is 5.95 Å². The average Bonchev–Trinajstić information content (AvgIpc) is 3.23. The summed E-state index contributed by atoms with van der Waals surface area (Å²) in [4.78, 5) is 12.4. The fourth-order valence-electron chi connectivity index (χ4n) is 3.13. The molecule has 4 rings (SSSR count). The second-order valence-electron chi connectivity index (χ2n) is 6.38. The Morgan fingerprint density at radius 1 is 1.22 bits per heavy atom. The predicted molar refractivity (Wildman–Crippen MR) is 101 cm³/mol. The van der Waals surface area contributed by atoms with Gasteiger partial charge in [-0.3, -0.25) is 4.68 Å². The Hall–Kier alpha value is -3.49. The van der Waals surface area contributed by atoms with Crippen LogP contribution >= 0.6 is 0 Å². The minimum atomic E-state index is -0.570. The highest BCUT2D eigenvalue weighted by atomic mass is 19.1. The lowest BCUT2D eigenvalue weighted by atomic mass is 10.0. The van der Waals surface area contributed by atoms with Crippen molar-refractivity contribution in [3.05, 3.63) is 48.3 Å². The number of nitrogens with zero attached hydrogens (tertiary/aromatic N) is 6. The van der Waals surface area contributed by atoms with Crippen LogP contribution in [-0.2, 0) is 14.1 Å². The number of hydrogen-bond donors (Lipinski definition) is 2. The Bertz CT molecular complexity index is 1130. The van der Waals surface area contributed by atoms with E-state index in [1.54, 1.807) is 10.9 Å². The van der Waals surface area contributed by atoms with E-state index in [0.717, 1.165) is 34.2 Å². The maximum atomic E-state index is 14.1. The quantitative estimate of drug-likeness (QED) is 0.576. The molecule has 4 aromatic heterocycles. The van der Waals surface area contributed by atoms with E-state index in [1.807, 2.05) is 43.9 Å². The third-order valence-corrected chi connectivity index (χ3v) is 4.52. The van der Waals surface area contributed by atoms with Crippen LogP contribution in [0, 0.1) is 5.82 Å². The van der Waals surface area contributed by atoms with Gasteiger partial charge in [0.15, 0.2) is 11.6 Å². The van der Waals surface area contributed by atoms with Gasteiger partial charge >= 0.3 is 0 Å². The Kier molecular flexibility index (Phi) is 3.98. The summed E-state index contributed by atoms with van der Waals surface area (Å²) >= 11 is 0. The zero-order chi connectivity index (χ0) is 19.1. The monoisotopic (exact) mass is 366 g/mol. The molecule has 0 saturated carbocycles. The van der Waals surface area contributed by atoms with Gasteiger partial charge in [-0.25, -0.2) is 14.4 Å². The van der Waals surface area contributed by atoms with Crippen molar-refractivity contribution in [1.82, 2.24) is 29.3 Å². The predicted octanol–water partition coefficient (Wildman–Crippen LogP) is 2.66. The number of anilines is 2. The van der Waals surface area contributed by atoms with Crippen molar-refractivity contribution in [2.45, 2.75) is 13.0 Å². The number of aryl methyl sites for hydroxylation is 2. The lowest BCUT2D eigenvalue weighted by molar-refractivity contribution is 0.614. The van der Waals surface area contributed by atoms with Gasteiger partial charge in [0, 0.05) is 32.1 Å². The molecule has 3 N–H and O–H groups in total. The first-order valence-corrected chi connectivity index (χ1v) is 8.43. The maximum Gasteiger partial charge on any atom is 0.222 e. The largest absolute Gasteiger partial charge is 0.368 e. The van der Waals surface area contributed by atoms with Crippen LogP contribution in [0.4, 0.5) is 16.2 Å². The van der Waals surface area contributed by atoms with Gasteiger partial charge in [0.25, 0.3) is 0 Å². The van der Waals surface area contributed by atoms with E-state index in [0.29, 0.717) is 0 Å². The highest BCUT2D eigenvalue weighted by Gasteiger charge is 2.20. The van der Waals surface area contributed by atoms with E-state index in [-0.39, 0.29) is 17.8 Å². The van der Waals surface area contributed by atoms with Gasteiger partial charge in [0.05, 0.1) is 34.7 Å².